The van der Waals surface area contributed by atoms with Crippen molar-refractivity contribution >= 4 is 38.3 Å². The molecule has 4 atom stereocenters. The maximum absolute atomic E-state index is 14.7. The Labute approximate surface area is 252 Å². The van der Waals surface area contributed by atoms with E-state index in [9.17, 15) is 13.9 Å². The van der Waals surface area contributed by atoms with Crippen LogP contribution in [0.3, 0.4) is 0 Å². The number of fused-ring (bicyclic) bond motifs is 5. The quantitative estimate of drug-likeness (QED) is 0.311. The normalized spacial score (nSPS) is 26.8. The summed E-state index contributed by atoms with van der Waals surface area (Å²) in [5.74, 6) is 2.83. The minimum atomic E-state index is -0.833. The average Bonchev–Trinajstić information content (AvgIpc) is 3.73. The molecule has 222 valence electrons. The third-order valence-electron chi connectivity index (χ3n) is 9.63. The summed E-state index contributed by atoms with van der Waals surface area (Å²) in [5, 5.41) is 16.1. The molecule has 2 bridgehead atoms. The van der Waals surface area contributed by atoms with E-state index in [-0.39, 0.29) is 22.9 Å². The minimum Gasteiger partial charge on any atom is -0.508 e. The first kappa shape index (κ1) is 27.0. The summed E-state index contributed by atoms with van der Waals surface area (Å²) in [5.41, 5.74) is 1.26. The molecule has 8 rings (SSSR count). The Bertz CT molecular complexity index is 1780. The number of aromatic hydroxyl groups is 1. The SMILES string of the molecule is C#Cc1c(F)ccc2cc(O)cc(Cc3nc4c(N5CC6CCC(C5)N6)nc(OC[C@@]56CCCN5C[C@H](F)C6)nc4s3)c12. The van der Waals surface area contributed by atoms with E-state index in [2.05, 4.69) is 21.0 Å². The zero-order chi connectivity index (χ0) is 29.3. The Kier molecular flexibility index (Phi) is 6.44. The second kappa shape index (κ2) is 10.3. The lowest BCUT2D eigenvalue weighted by Crippen LogP contribution is -2.51. The number of nitrogens with zero attached hydrogens (tertiary/aromatic N) is 5. The summed E-state index contributed by atoms with van der Waals surface area (Å²) in [6, 6.07) is 7.23. The molecule has 2 aromatic heterocycles. The van der Waals surface area contributed by atoms with Gasteiger partial charge in [-0.3, -0.25) is 4.90 Å². The molecular formula is C32H32F2N6O2S. The van der Waals surface area contributed by atoms with E-state index in [0.29, 0.717) is 64.8 Å². The van der Waals surface area contributed by atoms with E-state index in [4.69, 9.17) is 26.1 Å². The molecule has 4 aliphatic heterocycles. The number of alkyl halides is 1. The van der Waals surface area contributed by atoms with E-state index in [1.807, 2.05) is 0 Å². The molecule has 4 aliphatic rings. The first-order chi connectivity index (χ1) is 20.9. The van der Waals surface area contributed by atoms with E-state index >= 15 is 0 Å². The molecule has 2 N–H and O–H groups in total. The van der Waals surface area contributed by atoms with Gasteiger partial charge in [0.1, 0.15) is 34.9 Å². The molecule has 0 amide bonds. The number of hydrogen-bond donors (Lipinski definition) is 2. The van der Waals surface area contributed by atoms with Gasteiger partial charge < -0.3 is 20.1 Å². The highest BCUT2D eigenvalue weighted by Gasteiger charge is 2.49. The lowest BCUT2D eigenvalue weighted by Gasteiger charge is -2.34. The lowest BCUT2D eigenvalue weighted by molar-refractivity contribution is 0.107. The molecule has 4 aromatic rings. The zero-order valence-corrected chi connectivity index (χ0v) is 24.5. The number of piperazine rings is 1. The summed E-state index contributed by atoms with van der Waals surface area (Å²) in [7, 11) is 0. The van der Waals surface area contributed by atoms with Crippen molar-refractivity contribution in [3.63, 3.8) is 0 Å². The molecular weight excluding hydrogens is 570 g/mol. The van der Waals surface area contributed by atoms with Crippen LogP contribution < -0.4 is 15.0 Å². The van der Waals surface area contributed by atoms with Crippen LogP contribution in [0.2, 0.25) is 0 Å². The molecule has 0 spiro atoms. The van der Waals surface area contributed by atoms with Gasteiger partial charge in [0, 0.05) is 49.9 Å². The van der Waals surface area contributed by atoms with Crippen molar-refractivity contribution in [3.05, 3.63) is 46.2 Å². The second-order valence-corrected chi connectivity index (χ2v) is 13.5. The van der Waals surface area contributed by atoms with Gasteiger partial charge in [0.05, 0.1) is 11.1 Å². The molecule has 0 aliphatic carbocycles. The van der Waals surface area contributed by atoms with Gasteiger partial charge in [0.2, 0.25) is 0 Å². The summed E-state index contributed by atoms with van der Waals surface area (Å²) in [6.07, 6.45) is 9.89. The fourth-order valence-corrected chi connectivity index (χ4v) is 8.71. The van der Waals surface area contributed by atoms with Gasteiger partial charge in [0.15, 0.2) is 10.6 Å². The van der Waals surface area contributed by atoms with Crippen LogP contribution in [0, 0.1) is 18.2 Å². The smallest absolute Gasteiger partial charge is 0.319 e. The van der Waals surface area contributed by atoms with Gasteiger partial charge in [-0.1, -0.05) is 23.3 Å². The van der Waals surface area contributed by atoms with Gasteiger partial charge in [-0.05, 0) is 61.4 Å². The first-order valence-electron chi connectivity index (χ1n) is 15.0. The van der Waals surface area contributed by atoms with Gasteiger partial charge >= 0.3 is 6.01 Å². The number of thiazole rings is 1. The molecule has 6 heterocycles. The van der Waals surface area contributed by atoms with Crippen LogP contribution in [0.25, 0.3) is 21.1 Å². The maximum atomic E-state index is 14.7. The van der Waals surface area contributed by atoms with E-state index in [0.717, 1.165) is 56.1 Å². The molecule has 11 heteroatoms. The van der Waals surface area contributed by atoms with Gasteiger partial charge in [-0.15, -0.1) is 6.42 Å². The molecule has 0 saturated carbocycles. The zero-order valence-electron chi connectivity index (χ0n) is 23.7. The fraction of sp³-hybridized carbons (Fsp3) is 0.469. The number of phenols is 1. The van der Waals surface area contributed by atoms with E-state index in [1.165, 1.54) is 17.4 Å². The second-order valence-electron chi connectivity index (χ2n) is 12.4. The number of benzene rings is 2. The van der Waals surface area contributed by atoms with Gasteiger partial charge in [-0.25, -0.2) is 13.8 Å². The summed E-state index contributed by atoms with van der Waals surface area (Å²) < 4.78 is 35.4. The van der Waals surface area contributed by atoms with Crippen LogP contribution in [-0.4, -0.2) is 81.5 Å². The number of rotatable bonds is 6. The van der Waals surface area contributed by atoms with E-state index in [1.54, 1.807) is 18.2 Å². The molecule has 2 unspecified atom stereocenters. The number of halogens is 2. The summed E-state index contributed by atoms with van der Waals surface area (Å²) >= 11 is 1.43. The molecule has 4 fully saturated rings. The van der Waals surface area contributed by atoms with Crippen molar-refractivity contribution in [2.75, 3.05) is 37.7 Å². The number of terminal acetylenes is 1. The van der Waals surface area contributed by atoms with Gasteiger partial charge in [-0.2, -0.15) is 9.97 Å². The number of anilines is 1. The predicted molar refractivity (Wildman–Crippen MR) is 162 cm³/mol. The van der Waals surface area contributed by atoms with Gasteiger partial charge in [0.25, 0.3) is 0 Å². The van der Waals surface area contributed by atoms with Crippen molar-refractivity contribution < 1.29 is 18.6 Å². The van der Waals surface area contributed by atoms with Crippen molar-refractivity contribution in [3.8, 4) is 24.1 Å². The maximum Gasteiger partial charge on any atom is 0.319 e. The highest BCUT2D eigenvalue weighted by atomic mass is 32.1. The number of phenolic OH excluding ortho intramolecular Hbond substituents is 1. The predicted octanol–water partition coefficient (Wildman–Crippen LogP) is 4.55. The average molecular weight is 603 g/mol. The number of ether oxygens (including phenoxy) is 1. The van der Waals surface area contributed by atoms with Crippen LogP contribution in [0.1, 0.15) is 48.2 Å². The Morgan fingerprint density at radius 1 is 1.16 bits per heavy atom. The molecule has 43 heavy (non-hydrogen) atoms. The van der Waals surface area contributed by atoms with Crippen molar-refractivity contribution in [1.82, 2.24) is 25.2 Å². The third kappa shape index (κ3) is 4.67. The van der Waals surface area contributed by atoms with Crippen molar-refractivity contribution in [1.29, 1.82) is 0 Å². The largest absolute Gasteiger partial charge is 0.508 e. The number of aromatic nitrogens is 3. The van der Waals surface area contributed by atoms with Crippen LogP contribution in [0.5, 0.6) is 11.8 Å². The van der Waals surface area contributed by atoms with Crippen LogP contribution in [0.15, 0.2) is 24.3 Å². The lowest BCUT2D eigenvalue weighted by atomic mass is 9.95. The van der Waals surface area contributed by atoms with Crippen molar-refractivity contribution in [2.24, 2.45) is 0 Å². The fourth-order valence-electron chi connectivity index (χ4n) is 7.76. The minimum absolute atomic E-state index is 0.0772. The first-order valence-corrected chi connectivity index (χ1v) is 15.8. The highest BCUT2D eigenvalue weighted by Crippen LogP contribution is 2.41. The molecule has 4 saturated heterocycles. The van der Waals surface area contributed by atoms with Crippen LogP contribution in [-0.2, 0) is 6.42 Å². The Morgan fingerprint density at radius 3 is 2.81 bits per heavy atom. The highest BCUT2D eigenvalue weighted by molar-refractivity contribution is 7.18. The molecule has 0 radical (unpaired) electrons. The third-order valence-corrected chi connectivity index (χ3v) is 10.6. The Hall–Kier alpha value is -3.59. The van der Waals surface area contributed by atoms with Crippen LogP contribution >= 0.6 is 11.3 Å². The summed E-state index contributed by atoms with van der Waals surface area (Å²) in [4.78, 5) is 19.9. The number of hydrogen-bond acceptors (Lipinski definition) is 9. The standard InChI is InChI=1S/C32H32F2N6O2S/c1-2-24-25(34)7-4-18-10-23(41)11-19(27(18)24)12-26-36-28-29(39-15-21-5-6-22(16-39)35-21)37-31(38-30(28)43-26)42-17-32-8-3-9-40(32)14-20(33)13-32/h1,4,7,10-11,20-22,35,41H,3,5-6,8-9,12-17H2/t20-,21?,22?,32+/m1/s1. The van der Waals surface area contributed by atoms with Crippen molar-refractivity contribution in [2.45, 2.75) is 62.3 Å². The monoisotopic (exact) mass is 602 g/mol. The summed E-state index contributed by atoms with van der Waals surface area (Å²) in [6.45, 7) is 3.35. The number of nitrogens with one attached hydrogen (secondary N) is 1. The van der Waals surface area contributed by atoms with Crippen LogP contribution in [0.4, 0.5) is 14.6 Å². The van der Waals surface area contributed by atoms with E-state index < -0.39 is 12.0 Å². The molecule has 2 aromatic carbocycles. The Balaban J connectivity index is 1.18. The Morgan fingerprint density at radius 2 is 2.00 bits per heavy atom. The topological polar surface area (TPSA) is 86.6 Å². The molecule has 8 nitrogen and oxygen atoms in total.